The molecule has 2 aromatic heterocycles. The topological polar surface area (TPSA) is 55.7 Å². The number of nitrogens with zero attached hydrogens (tertiary/aromatic N) is 3. The number of Topliss-reactive ketones (excluding diaryl/α,β-unsaturated/α-hetero) is 1. The van der Waals surface area contributed by atoms with Crippen LogP contribution in [-0.2, 0) is 6.42 Å². The largest absolute Gasteiger partial charge is 0.292 e. The van der Waals surface area contributed by atoms with Gasteiger partial charge >= 0.3 is 0 Å². The molecule has 0 radical (unpaired) electrons. The number of hydrogen-bond donors (Lipinski definition) is 0. The second kappa shape index (κ2) is 4.61. The van der Waals surface area contributed by atoms with Crippen LogP contribution in [0.25, 0.3) is 0 Å². The van der Waals surface area contributed by atoms with Gasteiger partial charge in [0.1, 0.15) is 11.5 Å². The Morgan fingerprint density at radius 2 is 1.94 bits per heavy atom. The molecule has 0 bridgehead atoms. The minimum Gasteiger partial charge on any atom is -0.292 e. The quantitative estimate of drug-likeness (QED) is 0.727. The summed E-state index contributed by atoms with van der Waals surface area (Å²) in [6, 6.07) is 5.29. The van der Waals surface area contributed by atoms with E-state index in [9.17, 15) is 4.79 Å². The maximum absolute atomic E-state index is 11.9. The maximum Gasteiger partial charge on any atom is 0.185 e. The Morgan fingerprint density at radius 3 is 2.62 bits per heavy atom. The molecule has 0 saturated carbocycles. The van der Waals surface area contributed by atoms with Crippen molar-refractivity contribution in [2.45, 2.75) is 13.3 Å². The molecule has 2 heterocycles. The lowest BCUT2D eigenvalue weighted by molar-refractivity contribution is 0.0988. The fourth-order valence-electron chi connectivity index (χ4n) is 1.39. The Labute approximate surface area is 93.4 Å². The molecule has 2 rings (SSSR count). The molecule has 16 heavy (non-hydrogen) atoms. The van der Waals surface area contributed by atoms with Gasteiger partial charge in [0.05, 0.1) is 0 Å². The normalized spacial score (nSPS) is 10.1. The molecule has 0 amide bonds. The van der Waals surface area contributed by atoms with Gasteiger partial charge in [0.15, 0.2) is 5.78 Å². The molecule has 0 N–H and O–H groups in total. The van der Waals surface area contributed by atoms with Crippen LogP contribution < -0.4 is 0 Å². The lowest BCUT2D eigenvalue weighted by Gasteiger charge is -2.00. The zero-order chi connectivity index (χ0) is 11.4. The number of hydrogen-bond acceptors (Lipinski definition) is 4. The van der Waals surface area contributed by atoms with Crippen molar-refractivity contribution in [1.29, 1.82) is 0 Å². The molecule has 0 aliphatic heterocycles. The summed E-state index contributed by atoms with van der Waals surface area (Å²) >= 11 is 0. The van der Waals surface area contributed by atoms with Gasteiger partial charge in [0.25, 0.3) is 0 Å². The zero-order valence-corrected chi connectivity index (χ0v) is 8.92. The monoisotopic (exact) mass is 213 g/mol. The molecule has 0 aliphatic carbocycles. The van der Waals surface area contributed by atoms with Crippen LogP contribution >= 0.6 is 0 Å². The van der Waals surface area contributed by atoms with E-state index in [0.29, 0.717) is 17.9 Å². The van der Waals surface area contributed by atoms with Gasteiger partial charge < -0.3 is 0 Å². The minimum atomic E-state index is -0.00306. The van der Waals surface area contributed by atoms with E-state index in [1.165, 1.54) is 0 Å². The number of carbonyl (C=O) groups excluding carboxylic acids is 1. The van der Waals surface area contributed by atoms with Gasteiger partial charge in [0.2, 0.25) is 0 Å². The molecule has 0 spiro atoms. The van der Waals surface area contributed by atoms with Gasteiger partial charge in [0, 0.05) is 25.0 Å². The van der Waals surface area contributed by atoms with Gasteiger partial charge in [-0.05, 0) is 30.7 Å². The predicted octanol–water partition coefficient (Wildman–Crippen LogP) is 1.61. The van der Waals surface area contributed by atoms with E-state index in [2.05, 4.69) is 15.0 Å². The molecule has 0 saturated heterocycles. The van der Waals surface area contributed by atoms with Gasteiger partial charge in [-0.2, -0.15) is 0 Å². The average Bonchev–Trinajstić information content (AvgIpc) is 2.30. The molecule has 4 heteroatoms. The predicted molar refractivity (Wildman–Crippen MR) is 59.0 cm³/mol. The summed E-state index contributed by atoms with van der Waals surface area (Å²) in [5, 5.41) is 0. The van der Waals surface area contributed by atoms with Crippen LogP contribution in [0, 0.1) is 6.92 Å². The first-order valence-corrected chi connectivity index (χ1v) is 4.97. The number of pyridine rings is 1. The van der Waals surface area contributed by atoms with Crippen molar-refractivity contribution in [2.75, 3.05) is 0 Å². The molecule has 0 fully saturated rings. The van der Waals surface area contributed by atoms with E-state index in [4.69, 9.17) is 0 Å². The number of aryl methyl sites for hydroxylation is 1. The second-order valence-electron chi connectivity index (χ2n) is 3.44. The molecular formula is C12H11N3O. The zero-order valence-electron chi connectivity index (χ0n) is 8.92. The molecule has 4 nitrogen and oxygen atoms in total. The van der Waals surface area contributed by atoms with E-state index in [1.807, 2.05) is 12.1 Å². The van der Waals surface area contributed by atoms with E-state index >= 15 is 0 Å². The highest BCUT2D eigenvalue weighted by molar-refractivity contribution is 5.95. The molecule has 80 valence electrons. The van der Waals surface area contributed by atoms with Crippen molar-refractivity contribution in [3.05, 3.63) is 53.9 Å². The summed E-state index contributed by atoms with van der Waals surface area (Å²) in [6.07, 6.45) is 5.29. The molecular weight excluding hydrogens is 202 g/mol. The fraction of sp³-hybridized carbons (Fsp3) is 0.167. The third-order valence-electron chi connectivity index (χ3n) is 2.18. The highest BCUT2D eigenvalue weighted by Crippen LogP contribution is 2.04. The molecule has 0 aliphatic rings. The average molecular weight is 213 g/mol. The van der Waals surface area contributed by atoms with Crippen LogP contribution in [0.15, 0.2) is 36.8 Å². The van der Waals surface area contributed by atoms with E-state index in [0.717, 1.165) is 5.56 Å². The van der Waals surface area contributed by atoms with Crippen LogP contribution in [0.1, 0.15) is 21.9 Å². The smallest absolute Gasteiger partial charge is 0.185 e. The molecule has 0 unspecified atom stereocenters. The van der Waals surface area contributed by atoms with Crippen LogP contribution in [0.2, 0.25) is 0 Å². The highest BCUT2D eigenvalue weighted by atomic mass is 16.1. The lowest BCUT2D eigenvalue weighted by atomic mass is 10.1. The first kappa shape index (κ1) is 10.4. The van der Waals surface area contributed by atoms with E-state index in [-0.39, 0.29) is 5.78 Å². The maximum atomic E-state index is 11.9. The van der Waals surface area contributed by atoms with Gasteiger partial charge in [-0.1, -0.05) is 0 Å². The first-order valence-electron chi connectivity index (χ1n) is 4.97. The van der Waals surface area contributed by atoms with Crippen molar-refractivity contribution in [2.24, 2.45) is 0 Å². The second-order valence-corrected chi connectivity index (χ2v) is 3.44. The first-order chi connectivity index (χ1) is 7.75. The Bertz CT molecular complexity index is 497. The van der Waals surface area contributed by atoms with Crippen LogP contribution in [0.3, 0.4) is 0 Å². The van der Waals surface area contributed by atoms with Crippen LogP contribution in [-0.4, -0.2) is 20.7 Å². The highest BCUT2D eigenvalue weighted by Gasteiger charge is 2.08. The fourth-order valence-corrected chi connectivity index (χ4v) is 1.39. The van der Waals surface area contributed by atoms with Crippen molar-refractivity contribution in [3.8, 4) is 0 Å². The van der Waals surface area contributed by atoms with E-state index < -0.39 is 0 Å². The summed E-state index contributed by atoms with van der Waals surface area (Å²) < 4.78 is 0. The summed E-state index contributed by atoms with van der Waals surface area (Å²) in [5.41, 5.74) is 1.40. The number of aromatic nitrogens is 3. The summed E-state index contributed by atoms with van der Waals surface area (Å²) in [5.74, 6) is 0.609. The van der Waals surface area contributed by atoms with Crippen molar-refractivity contribution in [1.82, 2.24) is 15.0 Å². The molecule has 0 atom stereocenters. The Kier molecular flexibility index (Phi) is 3.00. The van der Waals surface area contributed by atoms with Crippen molar-refractivity contribution < 1.29 is 4.79 Å². The van der Waals surface area contributed by atoms with Gasteiger partial charge in [-0.3, -0.25) is 9.78 Å². The van der Waals surface area contributed by atoms with Crippen LogP contribution in [0.4, 0.5) is 0 Å². The Hall–Kier alpha value is -2.10. The Balaban J connectivity index is 2.15. The number of ketones is 1. The Morgan fingerprint density at radius 1 is 1.19 bits per heavy atom. The van der Waals surface area contributed by atoms with E-state index in [1.54, 1.807) is 31.6 Å². The minimum absolute atomic E-state index is 0.00306. The third kappa shape index (κ3) is 2.48. The number of carbonyl (C=O) groups is 1. The lowest BCUT2D eigenvalue weighted by Crippen LogP contribution is -2.07. The summed E-state index contributed by atoms with van der Waals surface area (Å²) in [7, 11) is 0. The van der Waals surface area contributed by atoms with Gasteiger partial charge in [-0.15, -0.1) is 0 Å². The molecule has 0 aromatic carbocycles. The summed E-state index contributed by atoms with van der Waals surface area (Å²) in [4.78, 5) is 23.8. The van der Waals surface area contributed by atoms with Crippen molar-refractivity contribution >= 4 is 5.78 Å². The summed E-state index contributed by atoms with van der Waals surface area (Å²) in [6.45, 7) is 1.77. The van der Waals surface area contributed by atoms with Crippen LogP contribution in [0.5, 0.6) is 0 Å². The number of rotatable bonds is 3. The molecule has 2 aromatic rings. The third-order valence-corrected chi connectivity index (χ3v) is 2.18. The SMILES string of the molecule is Cc1nccc(C(=O)Cc2ccncc2)n1. The standard InChI is InChI=1S/C12H11N3O/c1-9-14-7-4-11(15-9)12(16)8-10-2-5-13-6-3-10/h2-7H,8H2,1H3. The van der Waals surface area contributed by atoms with Gasteiger partial charge in [-0.25, -0.2) is 9.97 Å². The van der Waals surface area contributed by atoms with Crippen molar-refractivity contribution in [3.63, 3.8) is 0 Å².